The fourth-order valence-electron chi connectivity index (χ4n) is 2.38. The van der Waals surface area contributed by atoms with Crippen molar-refractivity contribution in [1.29, 1.82) is 0 Å². The van der Waals surface area contributed by atoms with Gasteiger partial charge in [-0.3, -0.25) is 10.1 Å². The van der Waals surface area contributed by atoms with E-state index in [1.807, 2.05) is 23.6 Å². The van der Waals surface area contributed by atoms with Crippen LogP contribution in [0.1, 0.15) is 10.4 Å². The predicted molar refractivity (Wildman–Crippen MR) is 101 cm³/mol. The number of nitrogens with zero attached hydrogens (tertiary/aromatic N) is 2. The first-order chi connectivity index (χ1) is 12.6. The summed E-state index contributed by atoms with van der Waals surface area (Å²) < 4.78 is 11.1. The Kier molecular flexibility index (Phi) is 4.67. The Morgan fingerprint density at radius 3 is 2.77 bits per heavy atom. The van der Waals surface area contributed by atoms with E-state index in [2.05, 4.69) is 15.3 Å². The monoisotopic (exact) mass is 407 g/mol. The van der Waals surface area contributed by atoms with Crippen molar-refractivity contribution >= 4 is 45.6 Å². The summed E-state index contributed by atoms with van der Waals surface area (Å²) in [4.78, 5) is 20.6. The van der Waals surface area contributed by atoms with Crippen LogP contribution in [-0.2, 0) is 0 Å². The van der Waals surface area contributed by atoms with E-state index in [1.54, 1.807) is 0 Å². The van der Waals surface area contributed by atoms with Crippen LogP contribution in [0.3, 0.4) is 0 Å². The molecule has 0 aliphatic carbocycles. The average Bonchev–Trinajstić information content (AvgIpc) is 3.12. The van der Waals surface area contributed by atoms with Gasteiger partial charge in [0.25, 0.3) is 5.91 Å². The predicted octanol–water partition coefficient (Wildman–Crippen LogP) is 4.54. The first-order valence-electron chi connectivity index (χ1n) is 7.58. The number of thiazole rings is 1. The van der Waals surface area contributed by atoms with Gasteiger partial charge in [-0.05, 0) is 24.3 Å². The number of benzene rings is 1. The van der Waals surface area contributed by atoms with Gasteiger partial charge in [0.1, 0.15) is 18.4 Å². The Morgan fingerprint density at radius 2 is 1.96 bits per heavy atom. The number of carbonyl (C=O) groups excluding carboxylic acids is 1. The van der Waals surface area contributed by atoms with E-state index >= 15 is 0 Å². The summed E-state index contributed by atoms with van der Waals surface area (Å²) in [6.07, 6.45) is 1.36. The second-order valence-corrected chi connectivity index (χ2v) is 6.97. The van der Waals surface area contributed by atoms with Crippen LogP contribution in [-0.4, -0.2) is 29.1 Å². The van der Waals surface area contributed by atoms with Gasteiger partial charge < -0.3 is 9.47 Å². The standard InChI is InChI=1S/C17H11Cl2N3O3S/c18-11-5-10(7-20-15(11)19)16(23)22-17-21-12(8-26-17)9-1-2-13-14(6-9)25-4-3-24-13/h1-2,5-8H,3-4H2,(H,21,22,23). The molecule has 9 heteroatoms. The third-order valence-electron chi connectivity index (χ3n) is 3.62. The number of rotatable bonds is 3. The van der Waals surface area contributed by atoms with Crippen LogP contribution in [0, 0.1) is 0 Å². The number of fused-ring (bicyclic) bond motifs is 1. The van der Waals surface area contributed by atoms with Gasteiger partial charge in [-0.1, -0.05) is 23.2 Å². The Balaban J connectivity index is 1.52. The quantitative estimate of drug-likeness (QED) is 0.645. The molecule has 3 heterocycles. The number of hydrogen-bond donors (Lipinski definition) is 1. The highest BCUT2D eigenvalue weighted by Crippen LogP contribution is 2.35. The Hall–Kier alpha value is -2.35. The SMILES string of the molecule is O=C(Nc1nc(-c2ccc3c(c2)OCCO3)cs1)c1cnc(Cl)c(Cl)c1. The maximum atomic E-state index is 12.3. The van der Waals surface area contributed by atoms with Gasteiger partial charge >= 0.3 is 0 Å². The van der Waals surface area contributed by atoms with E-state index in [0.717, 1.165) is 17.0 Å². The minimum Gasteiger partial charge on any atom is -0.486 e. The second-order valence-electron chi connectivity index (χ2n) is 5.35. The van der Waals surface area contributed by atoms with Crippen molar-refractivity contribution in [3.05, 3.63) is 51.6 Å². The van der Waals surface area contributed by atoms with Crippen molar-refractivity contribution in [2.24, 2.45) is 0 Å². The van der Waals surface area contributed by atoms with E-state index in [1.165, 1.54) is 23.6 Å². The average molecular weight is 408 g/mol. The molecule has 3 aromatic rings. The number of anilines is 1. The highest BCUT2D eigenvalue weighted by Gasteiger charge is 2.15. The lowest BCUT2D eigenvalue weighted by Gasteiger charge is -2.18. The first kappa shape index (κ1) is 17.1. The topological polar surface area (TPSA) is 73.3 Å². The first-order valence-corrected chi connectivity index (χ1v) is 9.21. The molecule has 1 amide bonds. The van der Waals surface area contributed by atoms with Crippen molar-refractivity contribution in [2.75, 3.05) is 18.5 Å². The van der Waals surface area contributed by atoms with Crippen LogP contribution in [0.5, 0.6) is 11.5 Å². The largest absolute Gasteiger partial charge is 0.486 e. The molecule has 0 saturated heterocycles. The van der Waals surface area contributed by atoms with E-state index in [-0.39, 0.29) is 16.1 Å². The summed E-state index contributed by atoms with van der Waals surface area (Å²) >= 11 is 13.0. The third-order valence-corrected chi connectivity index (χ3v) is 5.06. The van der Waals surface area contributed by atoms with Gasteiger partial charge in [0.15, 0.2) is 16.6 Å². The summed E-state index contributed by atoms with van der Waals surface area (Å²) in [5.41, 5.74) is 1.91. The summed E-state index contributed by atoms with van der Waals surface area (Å²) in [5, 5.41) is 5.42. The molecular weight excluding hydrogens is 397 g/mol. The molecule has 2 aromatic heterocycles. The maximum Gasteiger partial charge on any atom is 0.259 e. The minimum atomic E-state index is -0.362. The van der Waals surface area contributed by atoms with Crippen LogP contribution in [0.2, 0.25) is 10.2 Å². The minimum absolute atomic E-state index is 0.151. The van der Waals surface area contributed by atoms with Crippen molar-refractivity contribution < 1.29 is 14.3 Å². The highest BCUT2D eigenvalue weighted by molar-refractivity contribution is 7.14. The van der Waals surface area contributed by atoms with Crippen LogP contribution in [0.25, 0.3) is 11.3 Å². The molecule has 4 rings (SSSR count). The third kappa shape index (κ3) is 3.46. The van der Waals surface area contributed by atoms with E-state index in [9.17, 15) is 4.79 Å². The highest BCUT2D eigenvalue weighted by atomic mass is 35.5. The van der Waals surface area contributed by atoms with Crippen molar-refractivity contribution in [3.63, 3.8) is 0 Å². The molecule has 0 radical (unpaired) electrons. The number of halogens is 2. The summed E-state index contributed by atoms with van der Waals surface area (Å²) in [6, 6.07) is 7.08. The lowest BCUT2D eigenvalue weighted by molar-refractivity contribution is 0.102. The summed E-state index contributed by atoms with van der Waals surface area (Å²) in [6.45, 7) is 1.06. The van der Waals surface area contributed by atoms with Gasteiger partial charge in [-0.25, -0.2) is 9.97 Å². The summed E-state index contributed by atoms with van der Waals surface area (Å²) in [5.74, 6) is 1.05. The second kappa shape index (κ2) is 7.11. The molecule has 1 aliphatic rings. The van der Waals surface area contributed by atoms with Crippen LogP contribution in [0.15, 0.2) is 35.8 Å². The van der Waals surface area contributed by atoms with E-state index in [0.29, 0.717) is 29.7 Å². The molecule has 26 heavy (non-hydrogen) atoms. The Morgan fingerprint density at radius 1 is 1.15 bits per heavy atom. The number of aromatic nitrogens is 2. The molecule has 1 aromatic carbocycles. The molecule has 1 N–H and O–H groups in total. The lowest BCUT2D eigenvalue weighted by Crippen LogP contribution is -2.15. The zero-order valence-corrected chi connectivity index (χ0v) is 15.5. The number of pyridine rings is 1. The molecule has 0 atom stereocenters. The van der Waals surface area contributed by atoms with Gasteiger partial charge in [0.2, 0.25) is 0 Å². The number of carbonyl (C=O) groups is 1. The van der Waals surface area contributed by atoms with Gasteiger partial charge in [0.05, 0.1) is 16.3 Å². The Bertz CT molecular complexity index is 993. The summed E-state index contributed by atoms with van der Waals surface area (Å²) in [7, 11) is 0. The molecule has 132 valence electrons. The smallest absolute Gasteiger partial charge is 0.259 e. The van der Waals surface area contributed by atoms with Crippen molar-refractivity contribution in [1.82, 2.24) is 9.97 Å². The van der Waals surface area contributed by atoms with Crippen LogP contribution in [0.4, 0.5) is 5.13 Å². The fraction of sp³-hybridized carbons (Fsp3) is 0.118. The molecule has 0 bridgehead atoms. The van der Waals surface area contributed by atoms with Gasteiger partial charge in [0, 0.05) is 17.1 Å². The zero-order valence-electron chi connectivity index (χ0n) is 13.2. The van der Waals surface area contributed by atoms with Gasteiger partial charge in [-0.2, -0.15) is 0 Å². The fourth-order valence-corrected chi connectivity index (χ4v) is 3.37. The molecule has 0 unspecified atom stereocenters. The Labute approximate surface area is 162 Å². The molecule has 0 fully saturated rings. The number of nitrogens with one attached hydrogen (secondary N) is 1. The molecular formula is C17H11Cl2N3O3S. The van der Waals surface area contributed by atoms with Crippen molar-refractivity contribution in [2.45, 2.75) is 0 Å². The van der Waals surface area contributed by atoms with Crippen LogP contribution < -0.4 is 14.8 Å². The number of hydrogen-bond acceptors (Lipinski definition) is 6. The molecule has 0 saturated carbocycles. The number of amides is 1. The van der Waals surface area contributed by atoms with Crippen LogP contribution >= 0.6 is 34.5 Å². The maximum absolute atomic E-state index is 12.3. The van der Waals surface area contributed by atoms with Gasteiger partial charge in [-0.15, -0.1) is 11.3 Å². The molecule has 0 spiro atoms. The van der Waals surface area contributed by atoms with E-state index in [4.69, 9.17) is 32.7 Å². The molecule has 1 aliphatic heterocycles. The van der Waals surface area contributed by atoms with Crippen molar-refractivity contribution in [3.8, 4) is 22.8 Å². The lowest BCUT2D eigenvalue weighted by atomic mass is 10.1. The normalized spacial score (nSPS) is 12.7. The van der Waals surface area contributed by atoms with E-state index < -0.39 is 0 Å². The molecule has 6 nitrogen and oxygen atoms in total. The number of ether oxygens (including phenoxy) is 2. The zero-order chi connectivity index (χ0) is 18.1.